The van der Waals surface area contributed by atoms with Crippen LogP contribution in [-0.4, -0.2) is 26.9 Å². The molecule has 16 heavy (non-hydrogen) atoms. The van der Waals surface area contributed by atoms with Gasteiger partial charge in [0.15, 0.2) is 0 Å². The second-order valence-corrected chi connectivity index (χ2v) is 3.89. The topological polar surface area (TPSA) is 76.3 Å². The molecule has 1 heterocycles. The van der Waals surface area contributed by atoms with Gasteiger partial charge in [-0.3, -0.25) is 9.36 Å². The molecular weight excluding hydrogens is 210 g/mol. The lowest BCUT2D eigenvalue weighted by atomic mass is 10.3. The van der Waals surface area contributed by atoms with Crippen molar-refractivity contribution in [1.82, 2.24) is 14.5 Å². The van der Waals surface area contributed by atoms with Crippen LogP contribution in [0.25, 0.3) is 0 Å². The lowest BCUT2D eigenvalue weighted by Crippen LogP contribution is -2.40. The summed E-state index contributed by atoms with van der Waals surface area (Å²) in [6, 6.07) is 0. The van der Waals surface area contributed by atoms with Crippen LogP contribution in [0, 0.1) is 0 Å². The number of aromatic nitrogens is 2. The van der Waals surface area contributed by atoms with Gasteiger partial charge in [-0.15, -0.1) is 0 Å². The highest BCUT2D eigenvalue weighted by Gasteiger charge is 2.06. The minimum atomic E-state index is -0.462. The first-order valence-electron chi connectivity index (χ1n) is 5.07. The van der Waals surface area contributed by atoms with Crippen LogP contribution in [0.2, 0.25) is 0 Å². The van der Waals surface area contributed by atoms with Crippen LogP contribution in [0.5, 0.6) is 0 Å². The molecule has 0 aliphatic carbocycles. The largest absolute Gasteiger partial charge is 0.392 e. The van der Waals surface area contributed by atoms with Crippen molar-refractivity contribution in [2.45, 2.75) is 19.6 Å². The second-order valence-electron chi connectivity index (χ2n) is 3.89. The van der Waals surface area contributed by atoms with Crippen molar-refractivity contribution in [1.29, 1.82) is 0 Å². The Labute approximate surface area is 93.1 Å². The maximum atomic E-state index is 11.7. The molecule has 0 saturated carbocycles. The lowest BCUT2D eigenvalue weighted by molar-refractivity contribution is 0.191. The Morgan fingerprint density at radius 1 is 1.44 bits per heavy atom. The molecule has 0 fully saturated rings. The van der Waals surface area contributed by atoms with E-state index in [0.717, 1.165) is 4.57 Å². The molecule has 0 bridgehead atoms. The van der Waals surface area contributed by atoms with Gasteiger partial charge in [0.25, 0.3) is 5.56 Å². The molecule has 1 unspecified atom stereocenters. The van der Waals surface area contributed by atoms with Crippen molar-refractivity contribution in [2.24, 2.45) is 14.1 Å². The van der Waals surface area contributed by atoms with E-state index in [2.05, 4.69) is 5.32 Å². The van der Waals surface area contributed by atoms with Crippen LogP contribution < -0.4 is 16.6 Å². The molecule has 0 aliphatic heterocycles. The number of rotatable bonds is 4. The highest BCUT2D eigenvalue weighted by molar-refractivity contribution is 5.05. The standard InChI is InChI=1S/C10H17N3O3/c1-7(14)4-11-5-8-6-12(2)10(16)13(3)9(8)15/h6-7,11,14H,4-5H2,1-3H3. The van der Waals surface area contributed by atoms with Crippen LogP contribution in [0.15, 0.2) is 15.8 Å². The first kappa shape index (κ1) is 12.7. The van der Waals surface area contributed by atoms with Gasteiger partial charge in [0, 0.05) is 38.9 Å². The number of nitrogens with zero attached hydrogens (tertiary/aromatic N) is 2. The van der Waals surface area contributed by atoms with Crippen LogP contribution in [0.4, 0.5) is 0 Å². The predicted molar refractivity (Wildman–Crippen MR) is 60.3 cm³/mol. The SMILES string of the molecule is CC(O)CNCc1cn(C)c(=O)n(C)c1=O. The third-order valence-electron chi connectivity index (χ3n) is 2.27. The Hall–Kier alpha value is -1.40. The molecule has 6 heteroatoms. The fourth-order valence-electron chi connectivity index (χ4n) is 1.42. The monoisotopic (exact) mass is 227 g/mol. The van der Waals surface area contributed by atoms with Crippen LogP contribution >= 0.6 is 0 Å². The fourth-order valence-corrected chi connectivity index (χ4v) is 1.42. The zero-order valence-corrected chi connectivity index (χ0v) is 9.73. The molecule has 1 rings (SSSR count). The summed E-state index contributed by atoms with van der Waals surface area (Å²) in [5, 5.41) is 12.0. The van der Waals surface area contributed by atoms with Crippen molar-refractivity contribution < 1.29 is 5.11 Å². The van der Waals surface area contributed by atoms with Crippen molar-refractivity contribution >= 4 is 0 Å². The first-order chi connectivity index (χ1) is 7.43. The van der Waals surface area contributed by atoms with E-state index in [4.69, 9.17) is 5.11 Å². The van der Waals surface area contributed by atoms with E-state index in [-0.39, 0.29) is 11.2 Å². The number of aliphatic hydroxyl groups excluding tert-OH is 1. The predicted octanol–water partition coefficient (Wildman–Crippen LogP) is -1.45. The van der Waals surface area contributed by atoms with Gasteiger partial charge in [-0.1, -0.05) is 0 Å². The smallest absolute Gasteiger partial charge is 0.330 e. The maximum absolute atomic E-state index is 11.7. The normalized spacial score (nSPS) is 12.8. The molecule has 1 atom stereocenters. The third-order valence-corrected chi connectivity index (χ3v) is 2.27. The van der Waals surface area contributed by atoms with E-state index < -0.39 is 6.10 Å². The van der Waals surface area contributed by atoms with Gasteiger partial charge in [0.2, 0.25) is 0 Å². The summed E-state index contributed by atoms with van der Waals surface area (Å²) in [5.41, 5.74) is -0.143. The lowest BCUT2D eigenvalue weighted by Gasteiger charge is -2.09. The minimum Gasteiger partial charge on any atom is -0.392 e. The Kier molecular flexibility index (Phi) is 4.03. The highest BCUT2D eigenvalue weighted by atomic mass is 16.3. The Morgan fingerprint density at radius 2 is 2.06 bits per heavy atom. The summed E-state index contributed by atoms with van der Waals surface area (Å²) >= 11 is 0. The van der Waals surface area contributed by atoms with E-state index in [1.54, 1.807) is 14.0 Å². The highest BCUT2D eigenvalue weighted by Crippen LogP contribution is 1.87. The van der Waals surface area contributed by atoms with Gasteiger partial charge >= 0.3 is 5.69 Å². The molecule has 0 aromatic carbocycles. The number of aliphatic hydroxyl groups is 1. The number of hydrogen-bond acceptors (Lipinski definition) is 4. The Balaban J connectivity index is 2.90. The average Bonchev–Trinajstić information content (AvgIpc) is 2.22. The third kappa shape index (κ3) is 2.80. The summed E-state index contributed by atoms with van der Waals surface area (Å²) in [5.74, 6) is 0. The van der Waals surface area contributed by atoms with Crippen molar-refractivity contribution in [2.75, 3.05) is 6.54 Å². The van der Waals surface area contributed by atoms with E-state index in [1.165, 1.54) is 17.8 Å². The maximum Gasteiger partial charge on any atom is 0.330 e. The van der Waals surface area contributed by atoms with E-state index >= 15 is 0 Å². The van der Waals surface area contributed by atoms with Gasteiger partial charge < -0.3 is 15.0 Å². The quantitative estimate of drug-likeness (QED) is 0.660. The summed E-state index contributed by atoms with van der Waals surface area (Å²) < 4.78 is 2.43. The zero-order valence-electron chi connectivity index (χ0n) is 9.73. The van der Waals surface area contributed by atoms with Gasteiger partial charge in [-0.25, -0.2) is 4.79 Å². The fraction of sp³-hybridized carbons (Fsp3) is 0.600. The summed E-state index contributed by atoms with van der Waals surface area (Å²) in [6.07, 6.45) is 1.05. The van der Waals surface area contributed by atoms with Gasteiger partial charge in [0.1, 0.15) is 0 Å². The molecule has 0 saturated heterocycles. The summed E-state index contributed by atoms with van der Waals surface area (Å²) in [7, 11) is 3.04. The molecule has 0 radical (unpaired) electrons. The second kappa shape index (κ2) is 5.09. The molecule has 1 aromatic rings. The van der Waals surface area contributed by atoms with E-state index in [0.29, 0.717) is 18.7 Å². The number of hydrogen-bond donors (Lipinski definition) is 2. The van der Waals surface area contributed by atoms with Crippen LogP contribution in [0.3, 0.4) is 0 Å². The first-order valence-corrected chi connectivity index (χ1v) is 5.07. The number of aryl methyl sites for hydroxylation is 1. The molecule has 6 nitrogen and oxygen atoms in total. The van der Waals surface area contributed by atoms with Crippen molar-refractivity contribution in [3.05, 3.63) is 32.6 Å². The van der Waals surface area contributed by atoms with Crippen molar-refractivity contribution in [3.8, 4) is 0 Å². The summed E-state index contributed by atoms with van der Waals surface area (Å²) in [4.78, 5) is 23.1. The van der Waals surface area contributed by atoms with Crippen LogP contribution in [0.1, 0.15) is 12.5 Å². The van der Waals surface area contributed by atoms with Crippen molar-refractivity contribution in [3.63, 3.8) is 0 Å². The van der Waals surface area contributed by atoms with E-state index in [9.17, 15) is 9.59 Å². The Morgan fingerprint density at radius 3 is 2.62 bits per heavy atom. The molecule has 1 aromatic heterocycles. The molecule has 90 valence electrons. The van der Waals surface area contributed by atoms with Crippen LogP contribution in [-0.2, 0) is 20.6 Å². The van der Waals surface area contributed by atoms with Gasteiger partial charge in [-0.05, 0) is 6.92 Å². The average molecular weight is 227 g/mol. The van der Waals surface area contributed by atoms with E-state index in [1.807, 2.05) is 0 Å². The summed E-state index contributed by atoms with van der Waals surface area (Å²) in [6.45, 7) is 2.41. The number of nitrogens with one attached hydrogen (secondary N) is 1. The molecule has 0 amide bonds. The minimum absolute atomic E-state index is 0.304. The Bertz CT molecular complexity index is 473. The van der Waals surface area contributed by atoms with Gasteiger partial charge in [0.05, 0.1) is 6.10 Å². The molecular formula is C10H17N3O3. The molecule has 0 spiro atoms. The molecule has 0 aliphatic rings. The zero-order chi connectivity index (χ0) is 12.3. The molecule has 2 N–H and O–H groups in total. The van der Waals surface area contributed by atoms with Gasteiger partial charge in [-0.2, -0.15) is 0 Å².